The number of ether oxygens (including phenoxy) is 1. The van der Waals surface area contributed by atoms with Crippen LogP contribution in [0.1, 0.15) is 43.7 Å². The second-order valence-corrected chi connectivity index (χ2v) is 8.94. The number of unbranched alkanes of at least 4 members (excludes halogenated alkanes) is 1. The number of rotatable bonds is 7. The zero-order valence-electron chi connectivity index (χ0n) is 15.9. The first kappa shape index (κ1) is 20.1. The van der Waals surface area contributed by atoms with Gasteiger partial charge in [0.25, 0.3) is 0 Å². The Balaban J connectivity index is 1.65. The number of urea groups is 1. The molecule has 0 aromatic heterocycles. The van der Waals surface area contributed by atoms with Crippen LogP contribution in [0.5, 0.6) is 0 Å². The molecule has 1 aromatic carbocycles. The van der Waals surface area contributed by atoms with Gasteiger partial charge in [0.1, 0.15) is 0 Å². The highest BCUT2D eigenvalue weighted by atomic mass is 32.2. The number of carbonyl (C=O) groups is 1. The third-order valence-electron chi connectivity index (χ3n) is 5.12. The molecular formula is C19H29N3O4S. The topological polar surface area (TPSA) is 87.7 Å². The monoisotopic (exact) mass is 395 g/mol. The first-order chi connectivity index (χ1) is 13.0. The second kappa shape index (κ2) is 9.03. The van der Waals surface area contributed by atoms with E-state index in [0.29, 0.717) is 32.8 Å². The SMILES string of the molecule is CCCCNC(=O)N1CCc2ccc(S(=O)(=O)NCC3CCCO3)cc2C1. The van der Waals surface area contributed by atoms with E-state index < -0.39 is 10.0 Å². The van der Waals surface area contributed by atoms with Crippen molar-refractivity contribution < 1.29 is 17.9 Å². The maximum Gasteiger partial charge on any atom is 0.317 e. The zero-order valence-corrected chi connectivity index (χ0v) is 16.7. The summed E-state index contributed by atoms with van der Waals surface area (Å²) in [7, 11) is -3.59. The van der Waals surface area contributed by atoms with Gasteiger partial charge in [-0.2, -0.15) is 0 Å². The number of hydrogen-bond acceptors (Lipinski definition) is 4. The van der Waals surface area contributed by atoms with Gasteiger partial charge in [0.15, 0.2) is 0 Å². The molecule has 0 spiro atoms. The number of hydrogen-bond donors (Lipinski definition) is 2. The summed E-state index contributed by atoms with van der Waals surface area (Å²) < 4.78 is 33.3. The molecule has 27 heavy (non-hydrogen) atoms. The van der Waals surface area contributed by atoms with Gasteiger partial charge in [0, 0.05) is 32.8 Å². The van der Waals surface area contributed by atoms with Crippen molar-refractivity contribution in [1.82, 2.24) is 14.9 Å². The van der Waals surface area contributed by atoms with Crippen molar-refractivity contribution in [2.24, 2.45) is 0 Å². The van der Waals surface area contributed by atoms with Gasteiger partial charge in [-0.1, -0.05) is 19.4 Å². The van der Waals surface area contributed by atoms with Crippen LogP contribution >= 0.6 is 0 Å². The van der Waals surface area contributed by atoms with E-state index >= 15 is 0 Å². The molecule has 2 aliphatic rings. The second-order valence-electron chi connectivity index (χ2n) is 7.17. The van der Waals surface area contributed by atoms with Gasteiger partial charge in [-0.3, -0.25) is 0 Å². The molecule has 8 heteroatoms. The van der Waals surface area contributed by atoms with Gasteiger partial charge < -0.3 is 15.0 Å². The normalized spacial score (nSPS) is 19.7. The third kappa shape index (κ3) is 5.21. The van der Waals surface area contributed by atoms with Gasteiger partial charge in [0.2, 0.25) is 10.0 Å². The molecule has 3 rings (SSSR count). The highest BCUT2D eigenvalue weighted by molar-refractivity contribution is 7.89. The largest absolute Gasteiger partial charge is 0.377 e. The quantitative estimate of drug-likeness (QED) is 0.692. The fourth-order valence-electron chi connectivity index (χ4n) is 3.45. The number of carbonyl (C=O) groups excluding carboxylic acids is 1. The lowest BCUT2D eigenvalue weighted by molar-refractivity contribution is 0.114. The van der Waals surface area contributed by atoms with Crippen molar-refractivity contribution in [1.29, 1.82) is 0 Å². The molecule has 1 aromatic rings. The Bertz CT molecular complexity index is 760. The molecule has 0 bridgehead atoms. The molecule has 1 fully saturated rings. The van der Waals surface area contributed by atoms with Crippen molar-refractivity contribution >= 4 is 16.1 Å². The van der Waals surface area contributed by atoms with Crippen LogP contribution in [-0.4, -0.2) is 51.7 Å². The summed E-state index contributed by atoms with van der Waals surface area (Å²) >= 11 is 0. The maximum absolute atomic E-state index is 12.6. The maximum atomic E-state index is 12.6. The van der Waals surface area contributed by atoms with Crippen LogP contribution in [0.3, 0.4) is 0 Å². The minimum absolute atomic E-state index is 0.0419. The standard InChI is InChI=1S/C19H29N3O4S/c1-2-3-9-20-19(23)22-10-8-15-6-7-18(12-16(15)14-22)27(24,25)21-13-17-5-4-11-26-17/h6-7,12,17,21H,2-5,8-11,13-14H2,1H3,(H,20,23). The molecular weight excluding hydrogens is 366 g/mol. The Hall–Kier alpha value is -1.64. The lowest BCUT2D eigenvalue weighted by atomic mass is 10.0. The average Bonchev–Trinajstić information content (AvgIpc) is 3.19. The van der Waals surface area contributed by atoms with Crippen LogP contribution in [0.2, 0.25) is 0 Å². The number of sulfonamides is 1. The van der Waals surface area contributed by atoms with Crippen molar-refractivity contribution in [3.05, 3.63) is 29.3 Å². The van der Waals surface area contributed by atoms with Crippen LogP contribution in [0, 0.1) is 0 Å². The Morgan fingerprint density at radius 1 is 1.33 bits per heavy atom. The molecule has 2 amide bonds. The summed E-state index contributed by atoms with van der Waals surface area (Å²) in [6.07, 6.45) is 4.54. The minimum Gasteiger partial charge on any atom is -0.377 e. The molecule has 1 unspecified atom stereocenters. The third-order valence-corrected chi connectivity index (χ3v) is 6.54. The first-order valence-corrected chi connectivity index (χ1v) is 11.2. The molecule has 2 N–H and O–H groups in total. The van der Waals surface area contributed by atoms with Crippen LogP contribution in [0.15, 0.2) is 23.1 Å². The molecule has 7 nitrogen and oxygen atoms in total. The fraction of sp³-hybridized carbons (Fsp3) is 0.632. The van der Waals surface area contributed by atoms with Gasteiger partial charge in [0.05, 0.1) is 11.0 Å². The molecule has 1 saturated heterocycles. The van der Waals surface area contributed by atoms with E-state index in [2.05, 4.69) is 17.0 Å². The van der Waals surface area contributed by atoms with E-state index in [4.69, 9.17) is 4.74 Å². The van der Waals surface area contributed by atoms with E-state index in [0.717, 1.165) is 43.2 Å². The molecule has 1 atom stereocenters. The number of benzene rings is 1. The molecule has 0 radical (unpaired) electrons. The van der Waals surface area contributed by atoms with Crippen LogP contribution in [0.25, 0.3) is 0 Å². The lowest BCUT2D eigenvalue weighted by Gasteiger charge is -2.29. The molecule has 0 aliphatic carbocycles. The Labute approximate surface area is 161 Å². The summed E-state index contributed by atoms with van der Waals surface area (Å²) in [4.78, 5) is 14.3. The highest BCUT2D eigenvalue weighted by Crippen LogP contribution is 2.23. The molecule has 0 saturated carbocycles. The summed E-state index contributed by atoms with van der Waals surface area (Å²) in [6, 6.07) is 5.12. The number of nitrogens with zero attached hydrogens (tertiary/aromatic N) is 1. The Kier molecular flexibility index (Phi) is 6.73. The first-order valence-electron chi connectivity index (χ1n) is 9.75. The summed E-state index contributed by atoms with van der Waals surface area (Å²) in [5.41, 5.74) is 2.00. The molecule has 150 valence electrons. The fourth-order valence-corrected chi connectivity index (χ4v) is 4.57. The van der Waals surface area contributed by atoms with Crippen LogP contribution in [0.4, 0.5) is 4.79 Å². The molecule has 2 aliphatic heterocycles. The van der Waals surface area contributed by atoms with Gasteiger partial charge in [-0.15, -0.1) is 0 Å². The van der Waals surface area contributed by atoms with Crippen molar-refractivity contribution in [2.45, 2.75) is 56.6 Å². The minimum atomic E-state index is -3.59. The predicted octanol–water partition coefficient (Wildman–Crippen LogP) is 2.01. The number of fused-ring (bicyclic) bond motifs is 1. The van der Waals surface area contributed by atoms with Gasteiger partial charge in [-0.25, -0.2) is 17.9 Å². The number of nitrogens with one attached hydrogen (secondary N) is 2. The van der Waals surface area contributed by atoms with E-state index in [1.165, 1.54) is 0 Å². The van der Waals surface area contributed by atoms with Crippen LogP contribution in [-0.2, 0) is 27.7 Å². The van der Waals surface area contributed by atoms with Crippen molar-refractivity contribution in [3.8, 4) is 0 Å². The predicted molar refractivity (Wildman–Crippen MR) is 103 cm³/mol. The highest BCUT2D eigenvalue weighted by Gasteiger charge is 2.24. The van der Waals surface area contributed by atoms with Gasteiger partial charge in [-0.05, 0) is 48.9 Å². The zero-order chi connectivity index (χ0) is 19.3. The van der Waals surface area contributed by atoms with Crippen molar-refractivity contribution in [3.63, 3.8) is 0 Å². The number of amides is 2. The average molecular weight is 396 g/mol. The van der Waals surface area contributed by atoms with E-state index in [1.54, 1.807) is 17.0 Å². The summed E-state index contributed by atoms with van der Waals surface area (Å²) in [5.74, 6) is 0. The van der Waals surface area contributed by atoms with Gasteiger partial charge >= 0.3 is 6.03 Å². The van der Waals surface area contributed by atoms with E-state index in [9.17, 15) is 13.2 Å². The van der Waals surface area contributed by atoms with Crippen LogP contribution < -0.4 is 10.0 Å². The Morgan fingerprint density at radius 3 is 2.93 bits per heavy atom. The summed E-state index contributed by atoms with van der Waals surface area (Å²) in [5, 5.41) is 2.92. The summed E-state index contributed by atoms with van der Waals surface area (Å²) in [6.45, 7) is 4.82. The smallest absolute Gasteiger partial charge is 0.317 e. The Morgan fingerprint density at radius 2 is 2.19 bits per heavy atom. The van der Waals surface area contributed by atoms with Crippen molar-refractivity contribution in [2.75, 3.05) is 26.2 Å². The van der Waals surface area contributed by atoms with E-state index in [1.807, 2.05) is 6.07 Å². The van der Waals surface area contributed by atoms with E-state index in [-0.39, 0.29) is 17.0 Å². The lowest BCUT2D eigenvalue weighted by Crippen LogP contribution is -2.43. The molecule has 2 heterocycles.